The summed E-state index contributed by atoms with van der Waals surface area (Å²) in [5, 5.41) is 0. The van der Waals surface area contributed by atoms with Gasteiger partial charge in [-0.3, -0.25) is 0 Å². The quantitative estimate of drug-likeness (QED) is 0.387. The maximum atomic E-state index is 3.51. The summed E-state index contributed by atoms with van der Waals surface area (Å²) in [5.41, 5.74) is 0. The molecule has 4 heavy (non-hydrogen) atoms. The molecule has 0 heterocycles. The molecule has 0 spiro atoms. The third kappa shape index (κ3) is 9.35. The van der Waals surface area contributed by atoms with Crippen molar-refractivity contribution in [3.05, 3.63) is 6.92 Å². The zero-order valence-corrected chi connectivity index (χ0v) is 6.79. The topological polar surface area (TPSA) is 0 Å². The molecule has 0 rings (SSSR count). The zero-order chi connectivity index (χ0) is 2.71. The Morgan fingerprint density at radius 2 is 1.75 bits per heavy atom. The molecule has 0 saturated carbocycles. The molecular weight excluding hydrogens is 191 g/mol. The van der Waals surface area contributed by atoms with Gasteiger partial charge in [0.05, 0.1) is 0 Å². The average molecular weight is 195 g/mol. The van der Waals surface area contributed by atoms with Crippen molar-refractivity contribution in [2.75, 3.05) is 0 Å². The van der Waals surface area contributed by atoms with E-state index < -0.39 is 0 Å². The van der Waals surface area contributed by atoms with Crippen molar-refractivity contribution < 1.29 is 25.8 Å². The molecule has 0 aromatic rings. The first kappa shape index (κ1) is 9.19. The van der Waals surface area contributed by atoms with Crippen molar-refractivity contribution >= 4 is 23.0 Å². The summed E-state index contributed by atoms with van der Waals surface area (Å²) < 4.78 is 1.05. The maximum absolute atomic E-state index is 3.51. The monoisotopic (exact) mass is 194 g/mol. The van der Waals surface area contributed by atoms with Crippen molar-refractivity contribution in [1.82, 2.24) is 0 Å². The van der Waals surface area contributed by atoms with Crippen LogP contribution in [0.5, 0.6) is 0 Å². The Bertz CT molecular complexity index is 6.00. The van der Waals surface area contributed by atoms with E-state index in [0.717, 1.165) is 4.37 Å². The second kappa shape index (κ2) is 8.82. The Labute approximate surface area is 59.6 Å². The molecule has 0 aliphatic carbocycles. The molecule has 0 amide bonds. The van der Waals surface area contributed by atoms with E-state index in [-0.39, 0.29) is 25.8 Å². The zero-order valence-electron chi connectivity index (χ0n) is 2.44. The smallest absolute Gasteiger partial charge is 0 e. The fraction of sp³-hybridized carbons (Fsp3) is 0.500. The van der Waals surface area contributed by atoms with Gasteiger partial charge in [0.1, 0.15) is 0 Å². The van der Waals surface area contributed by atoms with Crippen LogP contribution in [0.25, 0.3) is 0 Å². The van der Waals surface area contributed by atoms with Crippen LogP contribution in [0.2, 0.25) is 4.37 Å². The minimum absolute atomic E-state index is 0. The summed E-state index contributed by atoms with van der Waals surface area (Å²) in [6.45, 7) is 3.51. The second-order valence-electron chi connectivity index (χ2n) is 0.224. The van der Waals surface area contributed by atoms with Crippen LogP contribution >= 0.6 is 0 Å². The summed E-state index contributed by atoms with van der Waals surface area (Å²) in [7, 11) is 0. The van der Waals surface area contributed by atoms with Gasteiger partial charge >= 0.3 is 34.3 Å². The molecule has 3 radical (unpaired) electrons. The molecule has 0 N–H and O–H groups in total. The number of hydrogen-bond acceptors (Lipinski definition) is 0. The summed E-state index contributed by atoms with van der Waals surface area (Å²) in [4.78, 5) is 0. The standard InChI is InChI=1S/C2H4.Sb.Sc/c1-2;;/h1-2H2;;/q-1;;. The van der Waals surface area contributed by atoms with Gasteiger partial charge in [-0.05, 0) is 0 Å². The van der Waals surface area contributed by atoms with Crippen molar-refractivity contribution in [3.8, 4) is 0 Å². The molecule has 0 aromatic carbocycles. The van der Waals surface area contributed by atoms with E-state index in [2.05, 4.69) is 6.92 Å². The fourth-order valence-corrected chi connectivity index (χ4v) is 0. The molecule has 0 saturated heterocycles. The Morgan fingerprint density at radius 1 is 1.75 bits per heavy atom. The van der Waals surface area contributed by atoms with Crippen molar-refractivity contribution in [2.45, 2.75) is 4.37 Å². The first-order chi connectivity index (χ1) is 1.41. The third-order valence-electron chi connectivity index (χ3n) is 0. The van der Waals surface area contributed by atoms with Gasteiger partial charge in [0, 0.05) is 25.8 Å². The average Bonchev–Trinajstić information content (AvgIpc) is 0.918. The predicted molar refractivity (Wildman–Crippen MR) is 15.9 cm³/mol. The van der Waals surface area contributed by atoms with Gasteiger partial charge in [0.2, 0.25) is 0 Å². The van der Waals surface area contributed by atoms with Crippen LogP contribution in [0, 0.1) is 6.92 Å². The van der Waals surface area contributed by atoms with Crippen LogP contribution in [0.15, 0.2) is 0 Å². The van der Waals surface area contributed by atoms with E-state index >= 15 is 0 Å². The molecule has 0 unspecified atom stereocenters. The van der Waals surface area contributed by atoms with Gasteiger partial charge in [0.15, 0.2) is 0 Å². The van der Waals surface area contributed by atoms with Gasteiger partial charge in [-0.1, -0.05) is 0 Å². The van der Waals surface area contributed by atoms with E-state index in [1.165, 1.54) is 0 Å². The predicted octanol–water partition coefficient (Wildman–Crippen LogP) is 0.405. The van der Waals surface area contributed by atoms with Crippen LogP contribution < -0.4 is 0 Å². The maximum Gasteiger partial charge on any atom is 0 e. The normalized spacial score (nSPS) is 4.50. The largest absolute Gasteiger partial charge is 0 e. The van der Waals surface area contributed by atoms with Crippen molar-refractivity contribution in [1.29, 1.82) is 0 Å². The molecule has 2 heteroatoms. The Kier molecular flexibility index (Phi) is 20.3. The Balaban J connectivity index is 0. The first-order valence-corrected chi connectivity index (χ1v) is 2.62. The van der Waals surface area contributed by atoms with E-state index in [4.69, 9.17) is 0 Å². The van der Waals surface area contributed by atoms with Crippen LogP contribution in [0.4, 0.5) is 0 Å². The van der Waals surface area contributed by atoms with Crippen molar-refractivity contribution in [3.63, 3.8) is 0 Å². The van der Waals surface area contributed by atoms with E-state index in [1.54, 1.807) is 23.0 Å². The molecule has 0 fully saturated rings. The summed E-state index contributed by atoms with van der Waals surface area (Å²) in [6.07, 6.45) is 0. The SMILES string of the molecule is [CH2-][CH2][Sb].[Sc]. The third-order valence-corrected chi connectivity index (χ3v) is 0. The molecule has 0 bridgehead atoms. The Morgan fingerprint density at radius 3 is 1.75 bits per heavy atom. The molecule has 21 valence electrons. The summed E-state index contributed by atoms with van der Waals surface area (Å²) in [6, 6.07) is 0. The van der Waals surface area contributed by atoms with Gasteiger partial charge in [-0.2, -0.15) is 0 Å². The summed E-state index contributed by atoms with van der Waals surface area (Å²) in [5.74, 6) is 0. The van der Waals surface area contributed by atoms with Gasteiger partial charge in [0.25, 0.3) is 0 Å². The summed E-state index contributed by atoms with van der Waals surface area (Å²) >= 11 is 1.74. The number of rotatable bonds is 0. The molecule has 0 aliphatic heterocycles. The molecular formula is C2H4SbSc-. The minimum atomic E-state index is 0. The molecule has 0 nitrogen and oxygen atoms in total. The van der Waals surface area contributed by atoms with Gasteiger partial charge in [-0.15, -0.1) is 0 Å². The van der Waals surface area contributed by atoms with Crippen molar-refractivity contribution in [2.24, 2.45) is 0 Å². The number of hydrogen-bond donors (Lipinski definition) is 0. The van der Waals surface area contributed by atoms with E-state index in [9.17, 15) is 0 Å². The first-order valence-electron chi connectivity index (χ1n) is 0.816. The fourth-order valence-electron chi connectivity index (χ4n) is 0. The van der Waals surface area contributed by atoms with E-state index in [0.29, 0.717) is 0 Å². The van der Waals surface area contributed by atoms with Crippen LogP contribution in [-0.2, 0) is 25.8 Å². The van der Waals surface area contributed by atoms with Crippen LogP contribution in [-0.4, -0.2) is 23.0 Å². The van der Waals surface area contributed by atoms with Gasteiger partial charge in [-0.25, -0.2) is 0 Å². The van der Waals surface area contributed by atoms with Crippen LogP contribution in [0.1, 0.15) is 0 Å². The Hall–Kier alpha value is 1.69. The minimum Gasteiger partial charge on any atom is 0 e. The van der Waals surface area contributed by atoms with Gasteiger partial charge < -0.3 is 0 Å². The van der Waals surface area contributed by atoms with E-state index in [1.807, 2.05) is 0 Å². The second-order valence-corrected chi connectivity index (χ2v) is 1.50. The molecule has 0 atom stereocenters. The molecule has 0 aliphatic rings. The van der Waals surface area contributed by atoms with Crippen LogP contribution in [0.3, 0.4) is 0 Å². The molecule has 0 aromatic heterocycles.